The molecule has 0 aliphatic carbocycles. The van der Waals surface area contributed by atoms with Crippen LogP contribution in [0, 0.1) is 11.2 Å². The topological polar surface area (TPSA) is 75.3 Å². The molecule has 8 nitrogen and oxygen atoms in total. The Morgan fingerprint density at radius 3 is 2.64 bits per heavy atom. The molecule has 0 saturated carbocycles. The van der Waals surface area contributed by atoms with Crippen molar-refractivity contribution in [3.05, 3.63) is 48.3 Å². The first kappa shape index (κ1) is 21.7. The smallest absolute Gasteiger partial charge is 0.414 e. The molecule has 2 N–H and O–H groups in total. The lowest BCUT2D eigenvalue weighted by Gasteiger charge is -2.56. The number of carbonyl (C=O) groups is 1. The second-order valence-corrected chi connectivity index (χ2v) is 9.07. The van der Waals surface area contributed by atoms with E-state index in [1.165, 1.54) is 11.0 Å². The first-order chi connectivity index (χ1) is 15.9. The molecule has 174 valence electrons. The Morgan fingerprint density at radius 1 is 1.24 bits per heavy atom. The Morgan fingerprint density at radius 2 is 2.00 bits per heavy atom. The van der Waals surface area contributed by atoms with Gasteiger partial charge in [-0.25, -0.2) is 9.18 Å². The third-order valence-corrected chi connectivity index (χ3v) is 6.41. The molecule has 3 aliphatic heterocycles. The molecule has 2 aromatic carbocycles. The van der Waals surface area contributed by atoms with Gasteiger partial charge in [0.2, 0.25) is 0 Å². The molecule has 33 heavy (non-hydrogen) atoms. The van der Waals surface area contributed by atoms with Crippen molar-refractivity contribution in [1.29, 1.82) is 0 Å². The average molecular weight is 473 g/mol. The molecule has 1 spiro atoms. The highest BCUT2D eigenvalue weighted by Crippen LogP contribution is 2.41. The molecular weight excluding hydrogens is 447 g/mol. The van der Waals surface area contributed by atoms with Crippen LogP contribution in [0.1, 0.15) is 0 Å². The van der Waals surface area contributed by atoms with Gasteiger partial charge < -0.3 is 29.7 Å². The number of halogens is 1. The molecular formula is C23H25FN4O4S. The molecule has 1 atom stereocenters. The van der Waals surface area contributed by atoms with Crippen molar-refractivity contribution in [2.24, 2.45) is 5.41 Å². The van der Waals surface area contributed by atoms with E-state index in [1.807, 2.05) is 29.2 Å². The number of benzene rings is 2. The van der Waals surface area contributed by atoms with Gasteiger partial charge in [0.1, 0.15) is 17.7 Å². The summed E-state index contributed by atoms with van der Waals surface area (Å²) >= 11 is 5.32. The van der Waals surface area contributed by atoms with Crippen LogP contribution in [-0.4, -0.2) is 63.8 Å². The van der Waals surface area contributed by atoms with Crippen LogP contribution in [0.2, 0.25) is 0 Å². The van der Waals surface area contributed by atoms with E-state index in [2.05, 4.69) is 10.6 Å². The van der Waals surface area contributed by atoms with E-state index >= 15 is 0 Å². The molecule has 0 aromatic heterocycles. The summed E-state index contributed by atoms with van der Waals surface area (Å²) in [4.78, 5) is 15.8. The highest BCUT2D eigenvalue weighted by Gasteiger charge is 2.49. The molecule has 3 saturated heterocycles. The van der Waals surface area contributed by atoms with Crippen LogP contribution in [0.5, 0.6) is 5.75 Å². The summed E-state index contributed by atoms with van der Waals surface area (Å²) in [5.41, 5.74) is 2.04. The van der Waals surface area contributed by atoms with Crippen LogP contribution in [0.3, 0.4) is 0 Å². The van der Waals surface area contributed by atoms with Crippen LogP contribution in [0.25, 0.3) is 0 Å². The molecule has 3 aliphatic rings. The number of thiocarbonyl (C=S) groups is 1. The maximum atomic E-state index is 14.8. The zero-order valence-corrected chi connectivity index (χ0v) is 19.0. The predicted molar refractivity (Wildman–Crippen MR) is 127 cm³/mol. The number of methoxy groups -OCH3 is 1. The summed E-state index contributed by atoms with van der Waals surface area (Å²) in [6, 6.07) is 12.2. The van der Waals surface area contributed by atoms with Crippen molar-refractivity contribution >= 4 is 40.5 Å². The fourth-order valence-electron chi connectivity index (χ4n) is 4.32. The number of nitrogens with one attached hydrogen (secondary N) is 2. The third kappa shape index (κ3) is 4.40. The minimum Gasteiger partial charge on any atom is -0.497 e. The minimum absolute atomic E-state index is 0.201. The van der Waals surface area contributed by atoms with E-state index in [0.29, 0.717) is 29.6 Å². The van der Waals surface area contributed by atoms with Gasteiger partial charge in [0.15, 0.2) is 5.11 Å². The normalized spacial score (nSPS) is 20.7. The largest absolute Gasteiger partial charge is 0.497 e. The van der Waals surface area contributed by atoms with Gasteiger partial charge in [0, 0.05) is 18.8 Å². The lowest BCUT2D eigenvalue weighted by Crippen LogP contribution is -2.66. The summed E-state index contributed by atoms with van der Waals surface area (Å²) in [7, 11) is 1.61. The number of nitrogens with zero attached hydrogens (tertiary/aromatic N) is 2. The van der Waals surface area contributed by atoms with Crippen LogP contribution in [-0.2, 0) is 9.47 Å². The summed E-state index contributed by atoms with van der Waals surface area (Å²) in [5, 5.41) is 6.54. The molecule has 1 amide bonds. The standard InChI is InChI=1S/C23H25FN4O4S/c1-30-17-5-2-15(3-6-17)26-21(33)25-9-18-10-28(22(29)32-18)16-4-7-20(19(24)8-16)27-11-23(12-27)13-31-14-23/h2-8,18H,9-14H2,1H3,(H2,25,26,33)/t18-/m0/s1. The SMILES string of the molecule is COc1ccc(NC(=S)NC[C@H]2CN(c3ccc(N4CC5(COC5)C4)c(F)c3)C(=O)O2)cc1. The van der Waals surface area contributed by atoms with Gasteiger partial charge in [0.05, 0.1) is 50.2 Å². The maximum absolute atomic E-state index is 14.8. The summed E-state index contributed by atoms with van der Waals surface area (Å²) in [6.07, 6.45) is -0.915. The second kappa shape index (κ2) is 8.68. The van der Waals surface area contributed by atoms with Crippen LogP contribution < -0.4 is 25.2 Å². The first-order valence-electron chi connectivity index (χ1n) is 10.7. The van der Waals surface area contributed by atoms with Gasteiger partial charge in [-0.15, -0.1) is 0 Å². The lowest BCUT2D eigenvalue weighted by molar-refractivity contribution is -0.127. The van der Waals surface area contributed by atoms with Crippen molar-refractivity contribution in [3.8, 4) is 5.75 Å². The Balaban J connectivity index is 1.13. The van der Waals surface area contributed by atoms with E-state index in [4.69, 9.17) is 26.4 Å². The molecule has 5 rings (SSSR count). The summed E-state index contributed by atoms with van der Waals surface area (Å²) in [5.74, 6) is 0.408. The van der Waals surface area contributed by atoms with E-state index in [0.717, 1.165) is 37.7 Å². The first-order valence-corrected chi connectivity index (χ1v) is 11.1. The molecule has 2 aromatic rings. The quantitative estimate of drug-likeness (QED) is 0.622. The van der Waals surface area contributed by atoms with E-state index in [-0.39, 0.29) is 11.2 Å². The fourth-order valence-corrected chi connectivity index (χ4v) is 4.52. The zero-order valence-electron chi connectivity index (χ0n) is 18.2. The van der Waals surface area contributed by atoms with Crippen molar-refractivity contribution in [2.45, 2.75) is 6.10 Å². The minimum atomic E-state index is -0.502. The number of anilines is 3. The Bertz CT molecular complexity index is 1050. The molecule has 0 unspecified atom stereocenters. The van der Waals surface area contributed by atoms with Gasteiger partial charge in [-0.3, -0.25) is 4.90 Å². The molecule has 3 heterocycles. The van der Waals surface area contributed by atoms with Crippen molar-refractivity contribution in [3.63, 3.8) is 0 Å². The highest BCUT2D eigenvalue weighted by molar-refractivity contribution is 7.80. The lowest BCUT2D eigenvalue weighted by atomic mass is 9.78. The van der Waals surface area contributed by atoms with Gasteiger partial charge >= 0.3 is 6.09 Å². The van der Waals surface area contributed by atoms with Gasteiger partial charge in [0.25, 0.3) is 0 Å². The zero-order chi connectivity index (χ0) is 23.0. The van der Waals surface area contributed by atoms with E-state index in [1.54, 1.807) is 19.2 Å². The maximum Gasteiger partial charge on any atom is 0.414 e. The van der Waals surface area contributed by atoms with Crippen molar-refractivity contribution in [2.75, 3.05) is 61.6 Å². The molecule has 10 heteroatoms. The number of carbonyl (C=O) groups excluding carboxylic acids is 1. The van der Waals surface area contributed by atoms with Crippen LogP contribution >= 0.6 is 12.2 Å². The predicted octanol–water partition coefficient (Wildman–Crippen LogP) is 2.98. The molecule has 0 bridgehead atoms. The van der Waals surface area contributed by atoms with E-state index in [9.17, 15) is 9.18 Å². The van der Waals surface area contributed by atoms with Gasteiger partial charge in [-0.2, -0.15) is 0 Å². The summed E-state index contributed by atoms with van der Waals surface area (Å²) in [6.45, 7) is 3.73. The van der Waals surface area contributed by atoms with Gasteiger partial charge in [-0.05, 0) is 54.7 Å². The monoisotopic (exact) mass is 472 g/mol. The Labute approximate surface area is 196 Å². The fraction of sp³-hybridized carbons (Fsp3) is 0.391. The highest BCUT2D eigenvalue weighted by atomic mass is 32.1. The van der Waals surface area contributed by atoms with E-state index < -0.39 is 12.2 Å². The van der Waals surface area contributed by atoms with Gasteiger partial charge in [-0.1, -0.05) is 0 Å². The average Bonchev–Trinajstić information content (AvgIpc) is 3.12. The number of rotatable bonds is 6. The number of hydrogen-bond acceptors (Lipinski definition) is 6. The molecule has 0 radical (unpaired) electrons. The third-order valence-electron chi connectivity index (χ3n) is 6.16. The number of amides is 1. The summed E-state index contributed by atoms with van der Waals surface area (Å²) < 4.78 is 30.6. The number of cyclic esters (lactones) is 1. The van der Waals surface area contributed by atoms with Crippen LogP contribution in [0.15, 0.2) is 42.5 Å². The Hall–Kier alpha value is -3.11. The Kier molecular flexibility index (Phi) is 5.71. The van der Waals surface area contributed by atoms with Crippen molar-refractivity contribution < 1.29 is 23.4 Å². The molecule has 3 fully saturated rings. The van der Waals surface area contributed by atoms with Crippen LogP contribution in [0.4, 0.5) is 26.2 Å². The van der Waals surface area contributed by atoms with Crippen molar-refractivity contribution in [1.82, 2.24) is 5.32 Å². The second-order valence-electron chi connectivity index (χ2n) is 8.66. The number of hydrogen-bond donors (Lipinski definition) is 2. The number of ether oxygens (including phenoxy) is 3.